The van der Waals surface area contributed by atoms with Crippen LogP contribution in [0.5, 0.6) is 11.6 Å². The Morgan fingerprint density at radius 2 is 2.00 bits per heavy atom. The summed E-state index contributed by atoms with van der Waals surface area (Å²) >= 11 is 0. The van der Waals surface area contributed by atoms with Crippen molar-refractivity contribution in [1.29, 1.82) is 0 Å². The number of nitrogens with zero attached hydrogens (tertiary/aromatic N) is 1. The highest BCUT2D eigenvalue weighted by Gasteiger charge is 2.06. The first kappa shape index (κ1) is 9.97. The first-order valence-corrected chi connectivity index (χ1v) is 4.38. The third kappa shape index (κ3) is 1.92. The molecule has 4 N–H and O–H groups in total. The lowest BCUT2D eigenvalue weighted by atomic mass is 10.3. The van der Waals surface area contributed by atoms with Crippen molar-refractivity contribution in [3.8, 4) is 11.6 Å². The molecule has 82 valence electrons. The zero-order chi connectivity index (χ0) is 11.5. The maximum absolute atomic E-state index is 11.3. The molecular weight excluding hydrogens is 212 g/mol. The van der Waals surface area contributed by atoms with Crippen LogP contribution in [-0.4, -0.2) is 15.2 Å². The maximum atomic E-state index is 11.3. The Kier molecular flexibility index (Phi) is 2.42. The van der Waals surface area contributed by atoms with E-state index in [-0.39, 0.29) is 5.88 Å². The van der Waals surface area contributed by atoms with Crippen LogP contribution in [-0.2, 0) is 0 Å². The van der Waals surface area contributed by atoms with E-state index in [1.807, 2.05) is 4.98 Å². The second kappa shape index (κ2) is 3.89. The lowest BCUT2D eigenvalue weighted by molar-refractivity contribution is 0.445. The molecule has 0 bridgehead atoms. The Balaban J connectivity index is 2.38. The Morgan fingerprint density at radius 1 is 1.25 bits per heavy atom. The highest BCUT2D eigenvalue weighted by molar-refractivity contribution is 5.52. The minimum absolute atomic E-state index is 0.266. The minimum Gasteiger partial charge on any atom is -0.431 e. The van der Waals surface area contributed by atoms with Gasteiger partial charge in [-0.05, 0) is 12.1 Å². The summed E-state index contributed by atoms with van der Waals surface area (Å²) in [5.41, 5.74) is 4.57. The predicted molar refractivity (Wildman–Crippen MR) is 56.4 cm³/mol. The number of rotatable bonds is 2. The van der Waals surface area contributed by atoms with Gasteiger partial charge in [-0.25, -0.2) is 9.89 Å². The highest BCUT2D eigenvalue weighted by atomic mass is 16.5. The molecule has 1 heterocycles. The molecule has 7 heteroatoms. The number of anilines is 1. The molecular formula is C9H8N4O3. The summed E-state index contributed by atoms with van der Waals surface area (Å²) in [4.78, 5) is 23.9. The summed E-state index contributed by atoms with van der Waals surface area (Å²) in [5, 5.41) is 5.51. The van der Waals surface area contributed by atoms with Crippen molar-refractivity contribution >= 4 is 5.69 Å². The van der Waals surface area contributed by atoms with Crippen LogP contribution in [0.3, 0.4) is 0 Å². The van der Waals surface area contributed by atoms with Gasteiger partial charge >= 0.3 is 17.1 Å². The van der Waals surface area contributed by atoms with Crippen molar-refractivity contribution in [2.75, 3.05) is 5.73 Å². The quantitative estimate of drug-likeness (QED) is 0.608. The van der Waals surface area contributed by atoms with Gasteiger partial charge in [0.1, 0.15) is 0 Å². The molecule has 0 unspecified atom stereocenters. The van der Waals surface area contributed by atoms with Gasteiger partial charge in [0.25, 0.3) is 0 Å². The topological polar surface area (TPSA) is 114 Å². The number of hydrogen-bond acceptors (Lipinski definition) is 5. The van der Waals surface area contributed by atoms with Crippen LogP contribution in [0.4, 0.5) is 5.69 Å². The third-order valence-corrected chi connectivity index (χ3v) is 1.81. The summed E-state index contributed by atoms with van der Waals surface area (Å²) in [5.74, 6) is 0.0325. The van der Waals surface area contributed by atoms with Gasteiger partial charge in [-0.1, -0.05) is 12.1 Å². The lowest BCUT2D eigenvalue weighted by Crippen LogP contribution is -2.24. The number of hydrogen-bond donors (Lipinski definition) is 3. The zero-order valence-electron chi connectivity index (χ0n) is 8.06. The standard InChI is InChI=1S/C9H8N4O3/c10-5-3-1-2-4-6(5)16-8-7(14)11-9(15)13-12-8/h1-4H,10H2,(H2,11,13,14,15). The average Bonchev–Trinajstić information content (AvgIpc) is 2.25. The molecule has 0 aliphatic rings. The maximum Gasteiger partial charge on any atom is 0.342 e. The summed E-state index contributed by atoms with van der Waals surface area (Å²) in [7, 11) is 0. The van der Waals surface area contributed by atoms with Crippen LogP contribution in [0.1, 0.15) is 0 Å². The van der Waals surface area contributed by atoms with Gasteiger partial charge in [0.15, 0.2) is 5.75 Å². The molecule has 0 atom stereocenters. The Morgan fingerprint density at radius 3 is 2.69 bits per heavy atom. The van der Waals surface area contributed by atoms with Crippen molar-refractivity contribution in [2.45, 2.75) is 0 Å². The Labute approximate surface area is 88.9 Å². The van der Waals surface area contributed by atoms with E-state index in [1.165, 1.54) is 0 Å². The third-order valence-electron chi connectivity index (χ3n) is 1.81. The zero-order valence-corrected chi connectivity index (χ0v) is 8.06. The smallest absolute Gasteiger partial charge is 0.342 e. The number of nitrogen functional groups attached to an aromatic ring is 1. The Hall–Kier alpha value is -2.57. The molecule has 1 aromatic carbocycles. The second-order valence-electron chi connectivity index (χ2n) is 2.95. The first-order chi connectivity index (χ1) is 7.66. The number of nitrogens with one attached hydrogen (secondary N) is 2. The monoisotopic (exact) mass is 220 g/mol. The van der Waals surface area contributed by atoms with E-state index in [2.05, 4.69) is 10.2 Å². The molecule has 2 rings (SSSR count). The van der Waals surface area contributed by atoms with E-state index in [1.54, 1.807) is 24.3 Å². The van der Waals surface area contributed by atoms with Crippen LogP contribution in [0.25, 0.3) is 0 Å². The van der Waals surface area contributed by atoms with Crippen molar-refractivity contribution in [3.63, 3.8) is 0 Å². The van der Waals surface area contributed by atoms with Gasteiger partial charge in [0, 0.05) is 0 Å². The van der Waals surface area contributed by atoms with Gasteiger partial charge in [-0.15, -0.1) is 5.10 Å². The van der Waals surface area contributed by atoms with Crippen molar-refractivity contribution < 1.29 is 4.74 Å². The van der Waals surface area contributed by atoms with Crippen molar-refractivity contribution in [3.05, 3.63) is 45.1 Å². The van der Waals surface area contributed by atoms with Crippen molar-refractivity contribution in [2.24, 2.45) is 0 Å². The molecule has 0 radical (unpaired) electrons. The van der Waals surface area contributed by atoms with Crippen LogP contribution in [0.2, 0.25) is 0 Å². The molecule has 0 aliphatic carbocycles. The average molecular weight is 220 g/mol. The van der Waals surface area contributed by atoms with E-state index < -0.39 is 11.2 Å². The molecule has 0 aliphatic heterocycles. The van der Waals surface area contributed by atoms with Crippen LogP contribution in [0.15, 0.2) is 33.9 Å². The predicted octanol–water partition coefficient (Wildman–Crippen LogP) is -0.167. The molecule has 0 fully saturated rings. The molecule has 0 spiro atoms. The van der Waals surface area contributed by atoms with E-state index >= 15 is 0 Å². The fraction of sp³-hybridized carbons (Fsp3) is 0. The largest absolute Gasteiger partial charge is 0.431 e. The molecule has 0 saturated heterocycles. The minimum atomic E-state index is -0.716. The van der Waals surface area contributed by atoms with Crippen molar-refractivity contribution in [1.82, 2.24) is 15.2 Å². The lowest BCUT2D eigenvalue weighted by Gasteiger charge is -2.04. The summed E-state index contributed by atoms with van der Waals surface area (Å²) in [6, 6.07) is 6.63. The number of aromatic amines is 2. The fourth-order valence-electron chi connectivity index (χ4n) is 1.08. The van der Waals surface area contributed by atoms with E-state index in [0.29, 0.717) is 11.4 Å². The van der Waals surface area contributed by atoms with Gasteiger partial charge in [-0.3, -0.25) is 9.78 Å². The molecule has 0 amide bonds. The summed E-state index contributed by atoms with van der Waals surface area (Å²) in [6.45, 7) is 0. The molecule has 1 aromatic heterocycles. The molecule has 7 nitrogen and oxygen atoms in total. The number of ether oxygens (including phenoxy) is 1. The Bertz CT molecular complexity index is 616. The van der Waals surface area contributed by atoms with Crippen LogP contribution < -0.4 is 21.7 Å². The van der Waals surface area contributed by atoms with E-state index in [4.69, 9.17) is 10.5 Å². The van der Waals surface area contributed by atoms with Gasteiger partial charge < -0.3 is 10.5 Å². The van der Waals surface area contributed by atoms with Crippen LogP contribution >= 0.6 is 0 Å². The summed E-state index contributed by atoms with van der Waals surface area (Å²) < 4.78 is 5.14. The number of aromatic nitrogens is 3. The number of nitrogens with two attached hydrogens (primary N) is 1. The van der Waals surface area contributed by atoms with Gasteiger partial charge in [0.2, 0.25) is 0 Å². The van der Waals surface area contributed by atoms with Crippen LogP contribution in [0, 0.1) is 0 Å². The number of benzene rings is 1. The van der Waals surface area contributed by atoms with Gasteiger partial charge in [0.05, 0.1) is 5.69 Å². The first-order valence-electron chi connectivity index (χ1n) is 4.38. The van der Waals surface area contributed by atoms with E-state index in [9.17, 15) is 9.59 Å². The molecule has 0 saturated carbocycles. The van der Waals surface area contributed by atoms with E-state index in [0.717, 1.165) is 0 Å². The molecule has 2 aromatic rings. The molecule has 16 heavy (non-hydrogen) atoms. The highest BCUT2D eigenvalue weighted by Crippen LogP contribution is 2.22. The SMILES string of the molecule is Nc1ccccc1Oc1n[nH]c(=O)[nH]c1=O. The number of H-pyrrole nitrogens is 2. The normalized spacial score (nSPS) is 10.0. The summed E-state index contributed by atoms with van der Waals surface area (Å²) in [6.07, 6.45) is 0. The second-order valence-corrected chi connectivity index (χ2v) is 2.95. The fourth-order valence-corrected chi connectivity index (χ4v) is 1.08. The number of para-hydroxylation sites is 2. The van der Waals surface area contributed by atoms with Gasteiger partial charge in [-0.2, -0.15) is 0 Å².